The predicted octanol–water partition coefficient (Wildman–Crippen LogP) is 8.21. The number of allylic oxidation sites excluding steroid dienone is 17. The van der Waals surface area contributed by atoms with Crippen LogP contribution in [-0.2, 0) is 7.05 Å². The van der Waals surface area contributed by atoms with E-state index in [0.29, 0.717) is 0 Å². The number of aryl methyl sites for hydroxylation is 1. The molecule has 0 amide bonds. The summed E-state index contributed by atoms with van der Waals surface area (Å²) in [5.41, 5.74) is 8.09. The van der Waals surface area contributed by atoms with E-state index in [0.717, 1.165) is 19.3 Å². The van der Waals surface area contributed by atoms with Gasteiger partial charge in [0, 0.05) is 19.4 Å². The SMILES string of the molecule is C=C/C=C\C=C/C/C=C(/C(=C\C/C(C)=C\C=C/C)C1=CC=C(C)C1)c1ccn(C)c1. The first-order chi connectivity index (χ1) is 14.5. The minimum absolute atomic E-state index is 0.885. The molecule has 0 fully saturated rings. The number of hydrogen-bond acceptors (Lipinski definition) is 0. The average Bonchev–Trinajstić information content (AvgIpc) is 3.35. The van der Waals surface area contributed by atoms with E-state index in [4.69, 9.17) is 0 Å². The summed E-state index contributed by atoms with van der Waals surface area (Å²) < 4.78 is 2.12. The summed E-state index contributed by atoms with van der Waals surface area (Å²) >= 11 is 0. The number of hydrogen-bond donors (Lipinski definition) is 0. The highest BCUT2D eigenvalue weighted by Gasteiger charge is 2.16. The molecule has 1 aromatic heterocycles. The minimum Gasteiger partial charge on any atom is -0.357 e. The fourth-order valence-electron chi connectivity index (χ4n) is 3.38. The van der Waals surface area contributed by atoms with Crippen LogP contribution >= 0.6 is 0 Å². The summed E-state index contributed by atoms with van der Waals surface area (Å²) in [5.74, 6) is 0. The quantitative estimate of drug-likeness (QED) is 0.350. The maximum atomic E-state index is 3.71. The molecule has 30 heavy (non-hydrogen) atoms. The second kappa shape index (κ2) is 12.5. The zero-order valence-electron chi connectivity index (χ0n) is 18.9. The van der Waals surface area contributed by atoms with E-state index in [9.17, 15) is 0 Å². The Labute approximate surface area is 183 Å². The highest BCUT2D eigenvalue weighted by Crippen LogP contribution is 2.35. The molecule has 1 aliphatic rings. The fourth-order valence-corrected chi connectivity index (χ4v) is 3.38. The molecule has 156 valence electrons. The lowest BCUT2D eigenvalue weighted by Crippen LogP contribution is -1.95. The lowest BCUT2D eigenvalue weighted by molar-refractivity contribution is 0.926. The molecule has 0 spiro atoms. The van der Waals surface area contributed by atoms with Crippen LogP contribution in [0, 0.1) is 0 Å². The highest BCUT2D eigenvalue weighted by molar-refractivity contribution is 5.84. The van der Waals surface area contributed by atoms with Gasteiger partial charge in [0.15, 0.2) is 0 Å². The number of nitrogens with zero attached hydrogens (tertiary/aromatic N) is 1. The maximum absolute atomic E-state index is 3.71. The van der Waals surface area contributed by atoms with Crippen molar-refractivity contribution in [2.24, 2.45) is 7.05 Å². The van der Waals surface area contributed by atoms with E-state index in [1.807, 2.05) is 12.2 Å². The Hall–Kier alpha value is -3.06. The van der Waals surface area contributed by atoms with Crippen molar-refractivity contribution < 1.29 is 0 Å². The standard InChI is InChI=1S/C29H35N/c1-6-8-10-11-12-13-15-28(27-20-21-30(5)23-27)29(26-18-16-25(4)22-26)19-17-24(3)14-9-7-2/h6-12,14-16,18-21,23H,1,13,17,22H2,2-5H3/b9-7-,10-8-,12-11-,24-14-,28-15+,29-19-. The smallest absolute Gasteiger partial charge is 0.0110 e. The van der Waals surface area contributed by atoms with Gasteiger partial charge < -0.3 is 4.57 Å². The molecule has 1 aromatic rings. The van der Waals surface area contributed by atoms with Crippen LogP contribution in [0.5, 0.6) is 0 Å². The van der Waals surface area contributed by atoms with Crippen LogP contribution in [0.4, 0.5) is 0 Å². The summed E-state index contributed by atoms with van der Waals surface area (Å²) in [5, 5.41) is 0. The topological polar surface area (TPSA) is 4.93 Å². The van der Waals surface area contributed by atoms with Crippen molar-refractivity contribution in [3.05, 3.63) is 126 Å². The van der Waals surface area contributed by atoms with Gasteiger partial charge in [-0.25, -0.2) is 0 Å². The van der Waals surface area contributed by atoms with Crippen molar-refractivity contribution in [1.82, 2.24) is 4.57 Å². The molecule has 0 atom stereocenters. The van der Waals surface area contributed by atoms with Crippen LogP contribution in [0.25, 0.3) is 5.57 Å². The van der Waals surface area contributed by atoms with E-state index >= 15 is 0 Å². The third-order valence-electron chi connectivity index (χ3n) is 4.97. The fraction of sp³-hybridized carbons (Fsp3) is 0.241. The highest BCUT2D eigenvalue weighted by atomic mass is 14.9. The van der Waals surface area contributed by atoms with Gasteiger partial charge in [0.05, 0.1) is 0 Å². The molecule has 0 saturated carbocycles. The Bertz CT molecular complexity index is 962. The Morgan fingerprint density at radius 3 is 2.57 bits per heavy atom. The molecular formula is C29H35N. The molecule has 0 radical (unpaired) electrons. The van der Waals surface area contributed by atoms with Crippen molar-refractivity contribution >= 4 is 5.57 Å². The lowest BCUT2D eigenvalue weighted by Gasteiger charge is -2.14. The molecule has 2 rings (SSSR count). The monoisotopic (exact) mass is 397 g/mol. The van der Waals surface area contributed by atoms with Gasteiger partial charge in [-0.3, -0.25) is 0 Å². The molecular weight excluding hydrogens is 362 g/mol. The van der Waals surface area contributed by atoms with Gasteiger partial charge in [0.1, 0.15) is 0 Å². The van der Waals surface area contributed by atoms with Crippen molar-refractivity contribution in [1.29, 1.82) is 0 Å². The van der Waals surface area contributed by atoms with Crippen LogP contribution in [0.1, 0.15) is 45.6 Å². The molecule has 1 heterocycles. The second-order valence-electron chi connectivity index (χ2n) is 7.71. The lowest BCUT2D eigenvalue weighted by atomic mass is 9.90. The van der Waals surface area contributed by atoms with Crippen LogP contribution in [-0.4, -0.2) is 4.57 Å². The van der Waals surface area contributed by atoms with Crippen molar-refractivity contribution in [3.63, 3.8) is 0 Å². The van der Waals surface area contributed by atoms with E-state index < -0.39 is 0 Å². The van der Waals surface area contributed by atoms with Gasteiger partial charge in [-0.2, -0.15) is 0 Å². The first kappa shape index (κ1) is 23.2. The molecule has 0 bridgehead atoms. The molecule has 0 N–H and O–H groups in total. The molecule has 1 heteroatoms. The van der Waals surface area contributed by atoms with Gasteiger partial charge in [-0.1, -0.05) is 90.6 Å². The number of aromatic nitrogens is 1. The predicted molar refractivity (Wildman–Crippen MR) is 134 cm³/mol. The van der Waals surface area contributed by atoms with Crippen LogP contribution < -0.4 is 0 Å². The third kappa shape index (κ3) is 7.40. The molecule has 0 unspecified atom stereocenters. The summed E-state index contributed by atoms with van der Waals surface area (Å²) in [6.07, 6.45) is 32.8. The maximum Gasteiger partial charge on any atom is 0.0110 e. The van der Waals surface area contributed by atoms with E-state index in [2.05, 4.69) is 112 Å². The average molecular weight is 398 g/mol. The molecule has 0 saturated heterocycles. The molecule has 0 aliphatic heterocycles. The molecule has 1 nitrogen and oxygen atoms in total. The second-order valence-corrected chi connectivity index (χ2v) is 7.71. The molecule has 0 aromatic carbocycles. The van der Waals surface area contributed by atoms with Crippen LogP contribution in [0.15, 0.2) is 120 Å². The third-order valence-corrected chi connectivity index (χ3v) is 4.97. The van der Waals surface area contributed by atoms with Crippen molar-refractivity contribution in [3.8, 4) is 0 Å². The Morgan fingerprint density at radius 2 is 1.93 bits per heavy atom. The Balaban J connectivity index is 2.42. The van der Waals surface area contributed by atoms with E-state index in [1.165, 1.54) is 33.4 Å². The van der Waals surface area contributed by atoms with Crippen molar-refractivity contribution in [2.75, 3.05) is 0 Å². The first-order valence-corrected chi connectivity index (χ1v) is 10.7. The van der Waals surface area contributed by atoms with Gasteiger partial charge in [-0.15, -0.1) is 0 Å². The van der Waals surface area contributed by atoms with Gasteiger partial charge in [-0.05, 0) is 68.4 Å². The summed E-state index contributed by atoms with van der Waals surface area (Å²) in [4.78, 5) is 0. The first-order valence-electron chi connectivity index (χ1n) is 10.7. The number of rotatable bonds is 10. The zero-order valence-corrected chi connectivity index (χ0v) is 18.9. The molecule has 1 aliphatic carbocycles. The summed E-state index contributed by atoms with van der Waals surface area (Å²) in [6, 6.07) is 2.21. The van der Waals surface area contributed by atoms with E-state index in [1.54, 1.807) is 6.08 Å². The van der Waals surface area contributed by atoms with Crippen LogP contribution in [0.3, 0.4) is 0 Å². The van der Waals surface area contributed by atoms with Gasteiger partial charge >= 0.3 is 0 Å². The van der Waals surface area contributed by atoms with E-state index in [-0.39, 0.29) is 0 Å². The zero-order chi connectivity index (χ0) is 21.8. The Morgan fingerprint density at radius 1 is 1.10 bits per heavy atom. The summed E-state index contributed by atoms with van der Waals surface area (Å²) in [6.45, 7) is 10.2. The largest absolute Gasteiger partial charge is 0.357 e. The normalized spacial score (nSPS) is 16.2. The van der Waals surface area contributed by atoms with Crippen LogP contribution in [0.2, 0.25) is 0 Å². The van der Waals surface area contributed by atoms with Crippen molar-refractivity contribution in [2.45, 2.75) is 40.0 Å². The summed E-state index contributed by atoms with van der Waals surface area (Å²) in [7, 11) is 2.08. The Kier molecular flexibility index (Phi) is 9.67. The van der Waals surface area contributed by atoms with Gasteiger partial charge in [0.2, 0.25) is 0 Å². The van der Waals surface area contributed by atoms with Gasteiger partial charge in [0.25, 0.3) is 0 Å². The minimum atomic E-state index is 0.885.